The molecule has 1 amide bonds. The number of aromatic nitrogens is 2. The van der Waals surface area contributed by atoms with E-state index in [9.17, 15) is 4.79 Å². The van der Waals surface area contributed by atoms with Crippen LogP contribution in [0.1, 0.15) is 40.2 Å². The monoisotopic (exact) mass is 457 g/mol. The average Bonchev–Trinajstić information content (AvgIpc) is 3.19. The third-order valence-corrected chi connectivity index (χ3v) is 5.73. The van der Waals surface area contributed by atoms with Crippen LogP contribution in [0.25, 0.3) is 11.0 Å². The number of carbonyl (C=O) groups excluding carboxylic acids is 1. The van der Waals surface area contributed by atoms with E-state index >= 15 is 0 Å². The molecule has 0 saturated carbocycles. The molecule has 6 nitrogen and oxygen atoms in total. The van der Waals surface area contributed by atoms with Crippen LogP contribution in [0.15, 0.2) is 66.7 Å². The average molecular weight is 458 g/mol. The summed E-state index contributed by atoms with van der Waals surface area (Å²) in [5.41, 5.74) is 4.92. The van der Waals surface area contributed by atoms with Crippen LogP contribution in [0.4, 0.5) is 0 Å². The number of para-hydroxylation sites is 3. The van der Waals surface area contributed by atoms with E-state index in [1.165, 1.54) is 11.1 Å². The van der Waals surface area contributed by atoms with Gasteiger partial charge in [0.2, 0.25) is 0 Å². The second-order valence-corrected chi connectivity index (χ2v) is 8.43. The van der Waals surface area contributed by atoms with Gasteiger partial charge in [-0.2, -0.15) is 0 Å². The Balaban J connectivity index is 1.39. The predicted molar refractivity (Wildman–Crippen MR) is 135 cm³/mol. The van der Waals surface area contributed by atoms with Gasteiger partial charge in [0.15, 0.2) is 0 Å². The van der Waals surface area contributed by atoms with E-state index < -0.39 is 0 Å². The van der Waals surface area contributed by atoms with Crippen molar-refractivity contribution in [1.29, 1.82) is 0 Å². The van der Waals surface area contributed by atoms with Gasteiger partial charge >= 0.3 is 0 Å². The fraction of sp³-hybridized carbons (Fsp3) is 0.286. The third kappa shape index (κ3) is 5.57. The number of nitrogens with one attached hydrogen (secondary N) is 1. The van der Waals surface area contributed by atoms with Gasteiger partial charge in [-0.15, -0.1) is 0 Å². The first kappa shape index (κ1) is 23.4. The summed E-state index contributed by atoms with van der Waals surface area (Å²) in [5, 5.41) is 3.00. The highest BCUT2D eigenvalue weighted by Crippen LogP contribution is 2.20. The van der Waals surface area contributed by atoms with Crippen molar-refractivity contribution in [1.82, 2.24) is 14.9 Å². The lowest BCUT2D eigenvalue weighted by Crippen LogP contribution is -2.25. The number of carbonyl (C=O) groups is 1. The van der Waals surface area contributed by atoms with Crippen LogP contribution >= 0.6 is 0 Å². The molecule has 4 rings (SSSR count). The lowest BCUT2D eigenvalue weighted by atomic mass is 10.1. The molecule has 0 aliphatic rings. The minimum absolute atomic E-state index is 0.182. The number of methoxy groups -OCH3 is 1. The van der Waals surface area contributed by atoms with E-state index in [4.69, 9.17) is 14.5 Å². The van der Waals surface area contributed by atoms with Crippen LogP contribution in [0.3, 0.4) is 0 Å². The topological polar surface area (TPSA) is 65.4 Å². The van der Waals surface area contributed by atoms with E-state index in [1.807, 2.05) is 30.3 Å². The molecule has 0 fully saturated rings. The number of hydrogen-bond donors (Lipinski definition) is 1. The van der Waals surface area contributed by atoms with Crippen molar-refractivity contribution in [3.8, 4) is 11.5 Å². The van der Waals surface area contributed by atoms with Gasteiger partial charge in [-0.1, -0.05) is 30.3 Å². The molecule has 0 unspecified atom stereocenters. The van der Waals surface area contributed by atoms with Crippen molar-refractivity contribution in [3.63, 3.8) is 0 Å². The van der Waals surface area contributed by atoms with Crippen LogP contribution in [-0.2, 0) is 13.1 Å². The summed E-state index contributed by atoms with van der Waals surface area (Å²) < 4.78 is 13.5. The van der Waals surface area contributed by atoms with Gasteiger partial charge < -0.3 is 19.4 Å². The Morgan fingerprint density at radius 2 is 1.71 bits per heavy atom. The number of aryl methyl sites for hydroxylation is 3. The normalized spacial score (nSPS) is 10.9. The largest absolute Gasteiger partial charge is 0.496 e. The number of imidazole rings is 1. The van der Waals surface area contributed by atoms with Crippen molar-refractivity contribution in [3.05, 3.63) is 89.2 Å². The quantitative estimate of drug-likeness (QED) is 0.322. The van der Waals surface area contributed by atoms with E-state index in [1.54, 1.807) is 19.2 Å². The van der Waals surface area contributed by atoms with Crippen LogP contribution < -0.4 is 14.8 Å². The molecule has 4 aromatic rings. The molecule has 6 heteroatoms. The number of fused-ring (bicyclic) bond motifs is 1. The molecule has 0 aliphatic carbocycles. The molecule has 34 heavy (non-hydrogen) atoms. The zero-order chi connectivity index (χ0) is 23.9. The van der Waals surface area contributed by atoms with Crippen molar-refractivity contribution in [2.75, 3.05) is 13.7 Å². The highest BCUT2D eigenvalue weighted by Gasteiger charge is 2.14. The van der Waals surface area contributed by atoms with Gasteiger partial charge in [0, 0.05) is 6.54 Å². The molecule has 0 radical (unpaired) electrons. The van der Waals surface area contributed by atoms with Crippen LogP contribution in [0.5, 0.6) is 11.5 Å². The number of benzene rings is 3. The summed E-state index contributed by atoms with van der Waals surface area (Å²) in [7, 11) is 1.56. The number of nitrogens with zero attached hydrogens (tertiary/aromatic N) is 2. The first-order chi connectivity index (χ1) is 16.5. The van der Waals surface area contributed by atoms with Gasteiger partial charge in [0.05, 0.1) is 36.9 Å². The number of hydrogen-bond acceptors (Lipinski definition) is 4. The van der Waals surface area contributed by atoms with Crippen LogP contribution in [0, 0.1) is 13.8 Å². The second-order valence-electron chi connectivity index (χ2n) is 8.43. The molecule has 0 atom stereocenters. The molecule has 0 spiro atoms. The minimum Gasteiger partial charge on any atom is -0.496 e. The van der Waals surface area contributed by atoms with Crippen molar-refractivity contribution < 1.29 is 14.3 Å². The summed E-state index contributed by atoms with van der Waals surface area (Å²) in [5.74, 6) is 2.13. The zero-order valence-corrected chi connectivity index (χ0v) is 20.0. The summed E-state index contributed by atoms with van der Waals surface area (Å²) >= 11 is 0. The number of unbranched alkanes of at least 4 members (excludes halogenated alkanes) is 1. The van der Waals surface area contributed by atoms with Crippen molar-refractivity contribution in [2.45, 2.75) is 39.8 Å². The van der Waals surface area contributed by atoms with E-state index in [0.29, 0.717) is 24.5 Å². The Bertz CT molecular complexity index is 1260. The molecular weight excluding hydrogens is 426 g/mol. The van der Waals surface area contributed by atoms with Gasteiger partial charge in [0.1, 0.15) is 17.3 Å². The van der Waals surface area contributed by atoms with Crippen molar-refractivity contribution in [2.24, 2.45) is 0 Å². The predicted octanol–water partition coefficient (Wildman–Crippen LogP) is 5.45. The first-order valence-corrected chi connectivity index (χ1v) is 11.6. The third-order valence-electron chi connectivity index (χ3n) is 5.73. The van der Waals surface area contributed by atoms with Gasteiger partial charge in [-0.25, -0.2) is 4.98 Å². The number of ether oxygens (including phenoxy) is 2. The highest BCUT2D eigenvalue weighted by atomic mass is 16.5. The summed E-state index contributed by atoms with van der Waals surface area (Å²) in [6.45, 7) is 5.97. The molecule has 1 heterocycles. The fourth-order valence-corrected chi connectivity index (χ4v) is 4.17. The smallest absolute Gasteiger partial charge is 0.255 e. The Morgan fingerprint density at radius 3 is 2.50 bits per heavy atom. The molecule has 0 saturated heterocycles. The van der Waals surface area contributed by atoms with Crippen LogP contribution in [-0.4, -0.2) is 29.2 Å². The highest BCUT2D eigenvalue weighted by molar-refractivity contribution is 5.96. The minimum atomic E-state index is -0.182. The Kier molecular flexibility index (Phi) is 7.48. The van der Waals surface area contributed by atoms with E-state index in [-0.39, 0.29) is 5.91 Å². The Labute approximate surface area is 200 Å². The lowest BCUT2D eigenvalue weighted by Gasteiger charge is -2.12. The van der Waals surface area contributed by atoms with Crippen molar-refractivity contribution >= 4 is 16.9 Å². The van der Waals surface area contributed by atoms with Gasteiger partial charge in [-0.3, -0.25) is 4.79 Å². The molecule has 1 N–H and O–H groups in total. The lowest BCUT2D eigenvalue weighted by molar-refractivity contribution is 0.0946. The Hall–Kier alpha value is -3.80. The maximum atomic E-state index is 12.8. The van der Waals surface area contributed by atoms with E-state index in [0.717, 1.165) is 42.0 Å². The number of amides is 1. The van der Waals surface area contributed by atoms with Gasteiger partial charge in [0.25, 0.3) is 5.91 Å². The first-order valence-electron chi connectivity index (χ1n) is 11.6. The number of rotatable bonds is 10. The summed E-state index contributed by atoms with van der Waals surface area (Å²) in [6.07, 6.45) is 1.87. The maximum absolute atomic E-state index is 12.8. The maximum Gasteiger partial charge on any atom is 0.255 e. The molecular formula is C28H31N3O3. The van der Waals surface area contributed by atoms with E-state index in [2.05, 4.69) is 48.0 Å². The Morgan fingerprint density at radius 1 is 0.971 bits per heavy atom. The summed E-state index contributed by atoms with van der Waals surface area (Å²) in [4.78, 5) is 17.5. The molecule has 1 aromatic heterocycles. The molecule has 176 valence electrons. The second kappa shape index (κ2) is 10.9. The molecule has 0 aliphatic heterocycles. The summed E-state index contributed by atoms with van der Waals surface area (Å²) in [6, 6.07) is 21.6. The molecule has 3 aromatic carbocycles. The zero-order valence-electron chi connectivity index (χ0n) is 20.0. The molecule has 0 bridgehead atoms. The standard InChI is InChI=1S/C28H31N3O3/c1-20-16-21(2)18-22(17-20)34-15-9-8-14-31-25-12-6-5-11-24(25)30-27(31)19-29-28(32)23-10-4-7-13-26(23)33-3/h4-7,10-13,16-18H,8-9,14-15,19H2,1-3H3,(H,29,32). The van der Waals surface area contributed by atoms with Crippen LogP contribution in [0.2, 0.25) is 0 Å². The fourth-order valence-electron chi connectivity index (χ4n) is 4.17. The SMILES string of the molecule is COc1ccccc1C(=O)NCc1nc2ccccc2n1CCCCOc1cc(C)cc(C)c1. The van der Waals surface area contributed by atoms with Gasteiger partial charge in [-0.05, 0) is 74.2 Å².